The van der Waals surface area contributed by atoms with Crippen LogP contribution in [-0.2, 0) is 4.74 Å². The molecule has 0 aromatic carbocycles. The number of nitrogens with one attached hydrogen (secondary N) is 1. The molecule has 2 atom stereocenters. The minimum atomic E-state index is 0.366. The first kappa shape index (κ1) is 13.9. The van der Waals surface area contributed by atoms with Gasteiger partial charge < -0.3 is 15.0 Å². The molecule has 0 saturated heterocycles. The molecule has 0 amide bonds. The summed E-state index contributed by atoms with van der Waals surface area (Å²) < 4.78 is 5.07. The van der Waals surface area contributed by atoms with Gasteiger partial charge in [-0.2, -0.15) is 0 Å². The Morgan fingerprint density at radius 3 is 2.75 bits per heavy atom. The molecular formula is C13H28N2O. The minimum absolute atomic E-state index is 0.366. The molecule has 0 radical (unpaired) electrons. The van der Waals surface area contributed by atoms with Crippen molar-refractivity contribution in [1.82, 2.24) is 10.2 Å². The van der Waals surface area contributed by atoms with Crippen LogP contribution in [0.25, 0.3) is 0 Å². The molecule has 2 unspecified atom stereocenters. The molecule has 1 aliphatic carbocycles. The van der Waals surface area contributed by atoms with Gasteiger partial charge in [0, 0.05) is 25.7 Å². The van der Waals surface area contributed by atoms with Crippen molar-refractivity contribution >= 4 is 0 Å². The molecule has 3 nitrogen and oxygen atoms in total. The normalized spacial score (nSPS) is 30.9. The van der Waals surface area contributed by atoms with Crippen LogP contribution in [0.3, 0.4) is 0 Å². The van der Waals surface area contributed by atoms with Crippen LogP contribution in [0.15, 0.2) is 0 Å². The highest BCUT2D eigenvalue weighted by molar-refractivity contribution is 4.94. The van der Waals surface area contributed by atoms with Gasteiger partial charge in [0.1, 0.15) is 0 Å². The first-order valence-electron chi connectivity index (χ1n) is 6.48. The van der Waals surface area contributed by atoms with E-state index in [-0.39, 0.29) is 0 Å². The zero-order valence-electron chi connectivity index (χ0n) is 11.4. The number of rotatable bonds is 6. The van der Waals surface area contributed by atoms with Crippen molar-refractivity contribution in [2.45, 2.75) is 38.1 Å². The maximum absolute atomic E-state index is 5.07. The fraction of sp³-hybridized carbons (Fsp3) is 1.00. The van der Waals surface area contributed by atoms with Crippen molar-refractivity contribution in [3.05, 3.63) is 0 Å². The Labute approximate surface area is 101 Å². The summed E-state index contributed by atoms with van der Waals surface area (Å²) in [6.07, 6.45) is 5.41. The second-order valence-electron chi connectivity index (χ2n) is 5.49. The summed E-state index contributed by atoms with van der Waals surface area (Å²) in [6, 6.07) is 0. The summed E-state index contributed by atoms with van der Waals surface area (Å²) in [6.45, 7) is 5.24. The van der Waals surface area contributed by atoms with Gasteiger partial charge in [0.25, 0.3) is 0 Å². The van der Waals surface area contributed by atoms with E-state index in [4.69, 9.17) is 4.74 Å². The van der Waals surface area contributed by atoms with Crippen molar-refractivity contribution < 1.29 is 4.74 Å². The number of methoxy groups -OCH3 is 1. The average molecular weight is 228 g/mol. The van der Waals surface area contributed by atoms with Crippen LogP contribution in [0.5, 0.6) is 0 Å². The highest BCUT2D eigenvalue weighted by atomic mass is 16.5. The molecule has 0 aromatic rings. The van der Waals surface area contributed by atoms with Crippen molar-refractivity contribution in [3.8, 4) is 0 Å². The first-order valence-corrected chi connectivity index (χ1v) is 6.48. The molecule has 3 heteroatoms. The number of likely N-dealkylation sites (N-methyl/N-ethyl adjacent to an activating group) is 1. The topological polar surface area (TPSA) is 24.5 Å². The average Bonchev–Trinajstić information content (AvgIpc) is 2.24. The highest BCUT2D eigenvalue weighted by Gasteiger charge is 2.36. The molecule has 1 saturated carbocycles. The van der Waals surface area contributed by atoms with Crippen LogP contribution in [0.4, 0.5) is 0 Å². The molecule has 1 rings (SSSR count). The van der Waals surface area contributed by atoms with Gasteiger partial charge in [0.15, 0.2) is 0 Å². The smallest absolute Gasteiger partial charge is 0.0587 e. The standard InChI is InChI=1S/C13H28N2O/c1-12-6-5-7-13(10-12,15(2)3)11-14-8-9-16-4/h12,14H,5-11H2,1-4H3. The molecule has 0 aliphatic heterocycles. The van der Waals surface area contributed by atoms with Crippen molar-refractivity contribution in [2.24, 2.45) is 5.92 Å². The molecule has 1 fully saturated rings. The first-order chi connectivity index (χ1) is 7.60. The van der Waals surface area contributed by atoms with Gasteiger partial charge in [-0.15, -0.1) is 0 Å². The Morgan fingerprint density at radius 2 is 2.19 bits per heavy atom. The summed E-state index contributed by atoms with van der Waals surface area (Å²) in [7, 11) is 6.19. The Bertz CT molecular complexity index is 196. The molecule has 0 bridgehead atoms. The third-order valence-electron chi connectivity index (χ3n) is 3.95. The van der Waals surface area contributed by atoms with Crippen LogP contribution >= 0.6 is 0 Å². The Kier molecular flexibility index (Phi) is 5.73. The third kappa shape index (κ3) is 3.72. The molecular weight excluding hydrogens is 200 g/mol. The number of hydrogen-bond acceptors (Lipinski definition) is 3. The van der Waals surface area contributed by atoms with Crippen LogP contribution in [0.1, 0.15) is 32.6 Å². The zero-order valence-corrected chi connectivity index (χ0v) is 11.4. The molecule has 96 valence electrons. The Hall–Kier alpha value is -0.120. The maximum Gasteiger partial charge on any atom is 0.0587 e. The van der Waals surface area contributed by atoms with E-state index >= 15 is 0 Å². The second kappa shape index (κ2) is 6.58. The number of ether oxygens (including phenoxy) is 1. The van der Waals surface area contributed by atoms with Crippen molar-refractivity contribution in [1.29, 1.82) is 0 Å². The lowest BCUT2D eigenvalue weighted by molar-refractivity contribution is 0.0730. The van der Waals surface area contributed by atoms with Crippen molar-refractivity contribution in [3.63, 3.8) is 0 Å². The van der Waals surface area contributed by atoms with E-state index in [9.17, 15) is 0 Å². The largest absolute Gasteiger partial charge is 0.383 e. The van der Waals surface area contributed by atoms with E-state index in [0.29, 0.717) is 5.54 Å². The predicted octanol–water partition coefficient (Wildman–Crippen LogP) is 1.73. The van der Waals surface area contributed by atoms with Gasteiger partial charge in [-0.25, -0.2) is 0 Å². The Morgan fingerprint density at radius 1 is 1.44 bits per heavy atom. The lowest BCUT2D eigenvalue weighted by Gasteiger charge is -2.45. The number of hydrogen-bond donors (Lipinski definition) is 1. The summed E-state index contributed by atoms with van der Waals surface area (Å²) >= 11 is 0. The van der Waals surface area contributed by atoms with Gasteiger partial charge in [0.2, 0.25) is 0 Å². The van der Waals surface area contributed by atoms with Gasteiger partial charge in [0.05, 0.1) is 6.61 Å². The quantitative estimate of drug-likeness (QED) is 0.701. The number of nitrogens with zero attached hydrogens (tertiary/aromatic N) is 1. The van der Waals surface area contributed by atoms with E-state index in [1.165, 1.54) is 25.7 Å². The fourth-order valence-corrected chi connectivity index (χ4v) is 2.85. The Balaban J connectivity index is 2.45. The lowest BCUT2D eigenvalue weighted by Crippen LogP contribution is -2.54. The van der Waals surface area contributed by atoms with Crippen LogP contribution < -0.4 is 5.32 Å². The summed E-state index contributed by atoms with van der Waals surface area (Å²) in [5.74, 6) is 0.861. The van der Waals surface area contributed by atoms with Gasteiger partial charge in [-0.3, -0.25) is 0 Å². The van der Waals surface area contributed by atoms with Gasteiger partial charge in [-0.1, -0.05) is 19.8 Å². The second-order valence-corrected chi connectivity index (χ2v) is 5.49. The predicted molar refractivity (Wildman–Crippen MR) is 68.8 cm³/mol. The van der Waals surface area contributed by atoms with Crippen LogP contribution in [0, 0.1) is 5.92 Å². The molecule has 1 aliphatic rings. The summed E-state index contributed by atoms with van der Waals surface area (Å²) in [5, 5.41) is 3.53. The van der Waals surface area contributed by atoms with E-state index in [0.717, 1.165) is 25.6 Å². The third-order valence-corrected chi connectivity index (χ3v) is 3.95. The monoisotopic (exact) mass is 228 g/mol. The van der Waals surface area contributed by atoms with Crippen LogP contribution in [0.2, 0.25) is 0 Å². The summed E-state index contributed by atoms with van der Waals surface area (Å²) in [4.78, 5) is 2.42. The summed E-state index contributed by atoms with van der Waals surface area (Å²) in [5.41, 5.74) is 0.366. The zero-order chi connectivity index (χ0) is 12.0. The lowest BCUT2D eigenvalue weighted by atomic mass is 9.75. The molecule has 0 heterocycles. The molecule has 0 aromatic heterocycles. The van der Waals surface area contributed by atoms with E-state index in [2.05, 4.69) is 31.2 Å². The molecule has 1 N–H and O–H groups in total. The fourth-order valence-electron chi connectivity index (χ4n) is 2.85. The molecule has 0 spiro atoms. The maximum atomic E-state index is 5.07. The van der Waals surface area contributed by atoms with Gasteiger partial charge >= 0.3 is 0 Å². The highest BCUT2D eigenvalue weighted by Crippen LogP contribution is 2.35. The van der Waals surface area contributed by atoms with E-state index in [1.54, 1.807) is 7.11 Å². The minimum Gasteiger partial charge on any atom is -0.383 e. The van der Waals surface area contributed by atoms with E-state index in [1.807, 2.05) is 0 Å². The van der Waals surface area contributed by atoms with E-state index < -0.39 is 0 Å². The molecule has 16 heavy (non-hydrogen) atoms. The SMILES string of the molecule is COCCNCC1(N(C)C)CCCC(C)C1. The van der Waals surface area contributed by atoms with Crippen LogP contribution in [-0.4, -0.2) is 51.3 Å². The van der Waals surface area contributed by atoms with Gasteiger partial charge in [-0.05, 0) is 32.9 Å². The van der Waals surface area contributed by atoms with Crippen molar-refractivity contribution in [2.75, 3.05) is 40.9 Å².